The summed E-state index contributed by atoms with van der Waals surface area (Å²) in [6, 6.07) is 10.8. The van der Waals surface area contributed by atoms with Crippen molar-refractivity contribution in [3.63, 3.8) is 0 Å². The van der Waals surface area contributed by atoms with Crippen LogP contribution in [0.1, 0.15) is 20.1 Å². The molecule has 0 spiro atoms. The number of benzene rings is 1. The first-order valence-corrected chi connectivity index (χ1v) is 14.2. The summed E-state index contributed by atoms with van der Waals surface area (Å²) in [4.78, 5) is 13.1. The topological polar surface area (TPSA) is 91.5 Å². The highest BCUT2D eigenvalue weighted by Gasteiger charge is 2.44. The Hall–Kier alpha value is -2.33. The Morgan fingerprint density at radius 1 is 1.19 bits per heavy atom. The van der Waals surface area contributed by atoms with Gasteiger partial charge in [-0.2, -0.15) is 4.98 Å². The molecule has 1 N–H and O–H groups in total. The normalized spacial score (nSPS) is 24.5. The Kier molecular flexibility index (Phi) is 5.99. The first kappa shape index (κ1) is 20.6. The van der Waals surface area contributed by atoms with Crippen LogP contribution in [0.3, 0.4) is 0 Å². The van der Waals surface area contributed by atoms with E-state index in [2.05, 4.69) is 34.6 Å². The van der Waals surface area contributed by atoms with Gasteiger partial charge in [-0.15, -0.1) is 0 Å². The molecule has 0 radical (unpaired) electrons. The predicted molar refractivity (Wildman–Crippen MR) is 120 cm³/mol. The van der Waals surface area contributed by atoms with Crippen molar-refractivity contribution in [3.05, 3.63) is 48.5 Å². The summed E-state index contributed by atoms with van der Waals surface area (Å²) in [5.74, 6) is 0.435. The Balaban J connectivity index is 1.57. The summed E-state index contributed by atoms with van der Waals surface area (Å²) in [7, 11) is -1.24. The number of aromatic nitrogens is 4. The van der Waals surface area contributed by atoms with Crippen LogP contribution in [-0.2, 0) is 16.1 Å². The molecule has 0 bridgehead atoms. The standard InChI is InChI=1S/C22H30N4O4Si/c1-15-18(27)19(29-12-16-8-6-5-7-9-16)22(30-15)26-14-25-17-20(26)23-13-24-21(17)28-10-11-31(2,3)4/h5-9,13-15,18-19,22,27H,10-12H2,1-4H3/t15-,18-,19+,22-/m1/s1/i1D. The Morgan fingerprint density at radius 3 is 2.74 bits per heavy atom. The molecule has 1 aliphatic rings. The van der Waals surface area contributed by atoms with Gasteiger partial charge in [0.1, 0.15) is 18.5 Å². The van der Waals surface area contributed by atoms with Crippen LogP contribution in [0.4, 0.5) is 0 Å². The van der Waals surface area contributed by atoms with Crippen molar-refractivity contribution in [1.82, 2.24) is 19.5 Å². The quantitative estimate of drug-likeness (QED) is 0.534. The highest BCUT2D eigenvalue weighted by molar-refractivity contribution is 6.76. The third-order valence-corrected chi connectivity index (χ3v) is 6.99. The van der Waals surface area contributed by atoms with Gasteiger partial charge in [-0.05, 0) is 18.5 Å². The number of hydrogen-bond donors (Lipinski definition) is 1. The van der Waals surface area contributed by atoms with Crippen LogP contribution in [0.25, 0.3) is 11.2 Å². The number of aliphatic hydroxyl groups is 1. The van der Waals surface area contributed by atoms with Gasteiger partial charge in [-0.1, -0.05) is 50.0 Å². The predicted octanol–water partition coefficient (Wildman–Crippen LogP) is 3.41. The van der Waals surface area contributed by atoms with Gasteiger partial charge in [0.2, 0.25) is 5.88 Å². The maximum atomic E-state index is 10.8. The number of fused-ring (bicyclic) bond motifs is 1. The van der Waals surface area contributed by atoms with Crippen molar-refractivity contribution in [2.75, 3.05) is 6.61 Å². The molecular weight excluding hydrogens is 412 g/mol. The molecule has 0 unspecified atom stereocenters. The van der Waals surface area contributed by atoms with Crippen LogP contribution >= 0.6 is 0 Å². The number of aliphatic hydroxyl groups excluding tert-OH is 1. The summed E-state index contributed by atoms with van der Waals surface area (Å²) >= 11 is 0. The molecule has 2 aromatic heterocycles. The zero-order valence-corrected chi connectivity index (χ0v) is 19.1. The Bertz CT molecular complexity index is 1030. The van der Waals surface area contributed by atoms with Gasteiger partial charge in [-0.25, -0.2) is 9.97 Å². The van der Waals surface area contributed by atoms with E-state index >= 15 is 0 Å². The average Bonchev–Trinajstić information content (AvgIpc) is 3.33. The van der Waals surface area contributed by atoms with Gasteiger partial charge >= 0.3 is 0 Å². The van der Waals surface area contributed by atoms with Crippen LogP contribution in [0, 0.1) is 0 Å². The van der Waals surface area contributed by atoms with Gasteiger partial charge in [0.05, 0.1) is 25.6 Å². The molecule has 3 aromatic rings. The molecule has 8 nitrogen and oxygen atoms in total. The second-order valence-electron chi connectivity index (χ2n) is 8.98. The second-order valence-corrected chi connectivity index (χ2v) is 14.6. The van der Waals surface area contributed by atoms with Crippen LogP contribution in [0.5, 0.6) is 5.88 Å². The van der Waals surface area contributed by atoms with Gasteiger partial charge in [0.25, 0.3) is 0 Å². The number of imidazole rings is 1. The zero-order chi connectivity index (χ0) is 22.7. The minimum Gasteiger partial charge on any atom is -0.476 e. The summed E-state index contributed by atoms with van der Waals surface area (Å²) in [5, 5.41) is 10.8. The lowest BCUT2D eigenvalue weighted by atomic mass is 10.1. The first-order valence-electron chi connectivity index (χ1n) is 11.2. The number of rotatable bonds is 8. The van der Waals surface area contributed by atoms with Crippen molar-refractivity contribution in [1.29, 1.82) is 0 Å². The molecule has 1 saturated heterocycles. The lowest BCUT2D eigenvalue weighted by Crippen LogP contribution is -2.33. The van der Waals surface area contributed by atoms with Gasteiger partial charge in [0, 0.05) is 9.44 Å². The minimum absolute atomic E-state index is 0.0739. The summed E-state index contributed by atoms with van der Waals surface area (Å²) in [5.41, 5.74) is 2.07. The van der Waals surface area contributed by atoms with E-state index in [1.807, 2.05) is 30.3 Å². The summed E-state index contributed by atoms with van der Waals surface area (Å²) in [6.45, 7) is 7.71. The molecule has 9 heteroatoms. The SMILES string of the molecule is [2H]C[C@H]1O[C@@H](n2cnc3c(OCC[Si](C)(C)C)ncnc32)[C@@H](OCc2ccccc2)[C@@H]1O. The van der Waals surface area contributed by atoms with Crippen LogP contribution < -0.4 is 4.74 Å². The van der Waals surface area contributed by atoms with Gasteiger partial charge < -0.3 is 19.3 Å². The molecule has 166 valence electrons. The maximum absolute atomic E-state index is 10.8. The molecule has 1 fully saturated rings. The zero-order valence-electron chi connectivity index (χ0n) is 19.1. The van der Waals surface area contributed by atoms with Crippen molar-refractivity contribution < 1.29 is 20.7 Å². The van der Waals surface area contributed by atoms with E-state index in [1.54, 1.807) is 10.9 Å². The minimum atomic E-state index is -1.24. The van der Waals surface area contributed by atoms with E-state index < -0.39 is 32.6 Å². The lowest BCUT2D eigenvalue weighted by molar-refractivity contribution is -0.0728. The fraction of sp³-hybridized carbons (Fsp3) is 0.500. The second kappa shape index (κ2) is 9.03. The van der Waals surface area contributed by atoms with E-state index in [9.17, 15) is 5.11 Å². The third-order valence-electron chi connectivity index (χ3n) is 5.29. The molecule has 4 rings (SSSR count). The van der Waals surface area contributed by atoms with E-state index in [4.69, 9.17) is 15.6 Å². The highest BCUT2D eigenvalue weighted by atomic mass is 28.3. The lowest BCUT2D eigenvalue weighted by Gasteiger charge is -2.22. The fourth-order valence-electron chi connectivity index (χ4n) is 3.46. The average molecular weight is 444 g/mol. The van der Waals surface area contributed by atoms with Crippen LogP contribution in [0.2, 0.25) is 25.7 Å². The molecule has 1 aromatic carbocycles. The summed E-state index contributed by atoms with van der Waals surface area (Å²) in [6.07, 6.45) is 0.110. The third kappa shape index (κ3) is 4.95. The molecule has 0 saturated carbocycles. The summed E-state index contributed by atoms with van der Waals surface area (Å²) < 4.78 is 27.5. The molecule has 1 aliphatic heterocycles. The molecule has 4 atom stereocenters. The Morgan fingerprint density at radius 2 is 2.00 bits per heavy atom. The van der Waals surface area contributed by atoms with Crippen molar-refractivity contribution in [2.45, 2.75) is 63.7 Å². The van der Waals surface area contributed by atoms with E-state index in [0.717, 1.165) is 11.6 Å². The monoisotopic (exact) mass is 443 g/mol. The highest BCUT2D eigenvalue weighted by Crippen LogP contribution is 2.34. The number of nitrogens with zero attached hydrogens (tertiary/aromatic N) is 4. The van der Waals surface area contributed by atoms with Crippen molar-refractivity contribution >= 4 is 19.2 Å². The van der Waals surface area contributed by atoms with Crippen LogP contribution in [0.15, 0.2) is 43.0 Å². The molecule has 0 aliphatic carbocycles. The van der Waals surface area contributed by atoms with Crippen molar-refractivity contribution in [3.8, 4) is 5.88 Å². The first-order chi connectivity index (χ1) is 15.4. The van der Waals surface area contributed by atoms with E-state index in [1.165, 1.54) is 6.33 Å². The smallest absolute Gasteiger partial charge is 0.245 e. The van der Waals surface area contributed by atoms with Gasteiger partial charge in [-0.3, -0.25) is 4.57 Å². The Labute approximate surface area is 184 Å². The van der Waals surface area contributed by atoms with E-state index in [-0.39, 0.29) is 6.90 Å². The maximum Gasteiger partial charge on any atom is 0.245 e. The van der Waals surface area contributed by atoms with Gasteiger partial charge in [0.15, 0.2) is 17.4 Å². The molecule has 3 heterocycles. The largest absolute Gasteiger partial charge is 0.476 e. The number of ether oxygens (including phenoxy) is 3. The molecule has 31 heavy (non-hydrogen) atoms. The van der Waals surface area contributed by atoms with Crippen molar-refractivity contribution in [2.24, 2.45) is 0 Å². The van der Waals surface area contributed by atoms with Crippen LogP contribution in [-0.4, -0.2) is 57.6 Å². The van der Waals surface area contributed by atoms with E-state index in [0.29, 0.717) is 30.3 Å². The molecular formula is C22H30N4O4Si. The molecule has 0 amide bonds. The number of hydrogen-bond acceptors (Lipinski definition) is 7. The fourth-order valence-corrected chi connectivity index (χ4v) is 4.18.